The highest BCUT2D eigenvalue weighted by Crippen LogP contribution is 2.26. The summed E-state index contributed by atoms with van der Waals surface area (Å²) in [4.78, 5) is 25.1. The molecule has 0 fully saturated rings. The first-order chi connectivity index (χ1) is 14.1. The molecule has 2 amide bonds. The van der Waals surface area contributed by atoms with Gasteiger partial charge in [0.15, 0.2) is 0 Å². The minimum atomic E-state index is -0.156. The Balaban J connectivity index is 1.41. The molecular weight excluding hydrogens is 384 g/mol. The SMILES string of the molecule is CC1=C(C(=O)Nc2ccc(CC(=O)NCCCc3ccccc3)cc2)SCCO1. The van der Waals surface area contributed by atoms with Crippen molar-refractivity contribution in [1.29, 1.82) is 0 Å². The molecule has 2 N–H and O–H groups in total. The molecule has 0 atom stereocenters. The van der Waals surface area contributed by atoms with E-state index in [0.29, 0.717) is 35.9 Å². The molecule has 0 bridgehead atoms. The van der Waals surface area contributed by atoms with E-state index in [-0.39, 0.29) is 11.8 Å². The predicted molar refractivity (Wildman–Crippen MR) is 118 cm³/mol. The van der Waals surface area contributed by atoms with Gasteiger partial charge in [-0.05, 0) is 43.0 Å². The summed E-state index contributed by atoms with van der Waals surface area (Å²) < 4.78 is 5.43. The van der Waals surface area contributed by atoms with E-state index in [0.717, 1.165) is 24.2 Å². The fourth-order valence-corrected chi connectivity index (χ4v) is 3.85. The molecule has 0 radical (unpaired) electrons. The molecule has 6 heteroatoms. The van der Waals surface area contributed by atoms with Crippen LogP contribution in [0.25, 0.3) is 0 Å². The first-order valence-corrected chi connectivity index (χ1v) is 10.8. The average molecular weight is 411 g/mol. The fraction of sp³-hybridized carbons (Fsp3) is 0.304. The molecule has 0 aromatic heterocycles. The predicted octanol–water partition coefficient (Wildman–Crippen LogP) is 3.91. The number of anilines is 1. The lowest BCUT2D eigenvalue weighted by Crippen LogP contribution is -2.26. The summed E-state index contributed by atoms with van der Waals surface area (Å²) in [6.07, 6.45) is 2.19. The number of hydrogen-bond donors (Lipinski definition) is 2. The Morgan fingerprint density at radius 1 is 1.03 bits per heavy atom. The van der Waals surface area contributed by atoms with E-state index >= 15 is 0 Å². The number of aryl methyl sites for hydroxylation is 1. The van der Waals surface area contributed by atoms with Crippen LogP contribution in [-0.2, 0) is 27.2 Å². The molecule has 1 heterocycles. The number of thioether (sulfide) groups is 1. The highest BCUT2D eigenvalue weighted by atomic mass is 32.2. The van der Waals surface area contributed by atoms with Crippen molar-refractivity contribution in [3.63, 3.8) is 0 Å². The van der Waals surface area contributed by atoms with E-state index < -0.39 is 0 Å². The lowest BCUT2D eigenvalue weighted by atomic mass is 10.1. The fourth-order valence-electron chi connectivity index (χ4n) is 3.04. The van der Waals surface area contributed by atoms with Gasteiger partial charge in [0.25, 0.3) is 5.91 Å². The highest BCUT2D eigenvalue weighted by molar-refractivity contribution is 8.04. The summed E-state index contributed by atoms with van der Waals surface area (Å²) in [6.45, 7) is 3.11. The van der Waals surface area contributed by atoms with E-state index in [2.05, 4.69) is 22.8 Å². The summed E-state index contributed by atoms with van der Waals surface area (Å²) in [5.74, 6) is 1.29. The Bertz CT molecular complexity index is 863. The second-order valence-corrected chi connectivity index (χ2v) is 7.95. The Hall–Kier alpha value is -2.73. The molecule has 0 saturated heterocycles. The number of carbonyl (C=O) groups excluding carboxylic acids is 2. The van der Waals surface area contributed by atoms with Gasteiger partial charge in [-0.15, -0.1) is 11.8 Å². The molecule has 1 aliphatic heterocycles. The minimum absolute atomic E-state index is 0.00591. The van der Waals surface area contributed by atoms with Gasteiger partial charge in [0, 0.05) is 18.0 Å². The maximum absolute atomic E-state index is 12.4. The van der Waals surface area contributed by atoms with E-state index in [9.17, 15) is 9.59 Å². The second kappa shape index (κ2) is 10.7. The molecule has 0 saturated carbocycles. The molecular formula is C23H26N2O3S. The van der Waals surface area contributed by atoms with Crippen LogP contribution >= 0.6 is 11.8 Å². The van der Waals surface area contributed by atoms with Crippen molar-refractivity contribution < 1.29 is 14.3 Å². The average Bonchev–Trinajstić information content (AvgIpc) is 2.74. The normalized spacial score (nSPS) is 13.6. The van der Waals surface area contributed by atoms with Crippen molar-refractivity contribution in [3.8, 4) is 0 Å². The molecule has 3 rings (SSSR count). The van der Waals surface area contributed by atoms with Crippen molar-refractivity contribution in [3.05, 3.63) is 76.4 Å². The number of allylic oxidation sites excluding steroid dienone is 1. The van der Waals surface area contributed by atoms with Gasteiger partial charge in [-0.25, -0.2) is 0 Å². The monoisotopic (exact) mass is 410 g/mol. The van der Waals surface area contributed by atoms with Gasteiger partial charge in [-0.2, -0.15) is 0 Å². The maximum atomic E-state index is 12.4. The zero-order valence-corrected chi connectivity index (χ0v) is 17.4. The van der Waals surface area contributed by atoms with E-state index in [1.54, 1.807) is 0 Å². The van der Waals surface area contributed by atoms with E-state index in [1.807, 2.05) is 49.4 Å². The summed E-state index contributed by atoms with van der Waals surface area (Å²) >= 11 is 1.51. The first kappa shape index (κ1) is 21.0. The number of hydrogen-bond acceptors (Lipinski definition) is 4. The van der Waals surface area contributed by atoms with Crippen LogP contribution in [0.4, 0.5) is 5.69 Å². The van der Waals surface area contributed by atoms with Gasteiger partial charge in [-0.1, -0.05) is 42.5 Å². The number of amides is 2. The minimum Gasteiger partial charge on any atom is -0.496 e. The van der Waals surface area contributed by atoms with Gasteiger partial charge in [0.05, 0.1) is 13.0 Å². The van der Waals surface area contributed by atoms with E-state index in [1.165, 1.54) is 17.3 Å². The molecule has 0 unspecified atom stereocenters. The highest BCUT2D eigenvalue weighted by Gasteiger charge is 2.18. The molecule has 0 aliphatic carbocycles. The van der Waals surface area contributed by atoms with Gasteiger partial charge in [0.1, 0.15) is 10.7 Å². The van der Waals surface area contributed by atoms with Crippen molar-refractivity contribution in [2.24, 2.45) is 0 Å². The van der Waals surface area contributed by atoms with Crippen LogP contribution in [0.1, 0.15) is 24.5 Å². The Morgan fingerprint density at radius 3 is 2.52 bits per heavy atom. The third kappa shape index (κ3) is 6.68. The smallest absolute Gasteiger partial charge is 0.265 e. The number of nitrogens with one attached hydrogen (secondary N) is 2. The zero-order valence-electron chi connectivity index (χ0n) is 16.6. The van der Waals surface area contributed by atoms with Crippen molar-refractivity contribution in [2.75, 3.05) is 24.2 Å². The van der Waals surface area contributed by atoms with Crippen LogP contribution in [0, 0.1) is 0 Å². The van der Waals surface area contributed by atoms with Crippen LogP contribution in [0.15, 0.2) is 65.3 Å². The second-order valence-electron chi connectivity index (χ2n) is 6.85. The summed E-state index contributed by atoms with van der Waals surface area (Å²) in [7, 11) is 0. The number of carbonyl (C=O) groups is 2. The van der Waals surface area contributed by atoms with Crippen LogP contribution in [0.3, 0.4) is 0 Å². The molecule has 29 heavy (non-hydrogen) atoms. The Morgan fingerprint density at radius 2 is 1.79 bits per heavy atom. The van der Waals surface area contributed by atoms with Gasteiger partial charge >= 0.3 is 0 Å². The van der Waals surface area contributed by atoms with Crippen LogP contribution in [0.2, 0.25) is 0 Å². The molecule has 5 nitrogen and oxygen atoms in total. The third-order valence-corrected chi connectivity index (χ3v) is 5.69. The van der Waals surface area contributed by atoms with Crippen LogP contribution < -0.4 is 10.6 Å². The van der Waals surface area contributed by atoms with Crippen molar-refractivity contribution >= 4 is 29.3 Å². The largest absolute Gasteiger partial charge is 0.496 e. The summed E-state index contributed by atoms with van der Waals surface area (Å²) in [5.41, 5.74) is 2.89. The topological polar surface area (TPSA) is 67.4 Å². The molecule has 0 spiro atoms. The summed E-state index contributed by atoms with van der Waals surface area (Å²) in [5, 5.41) is 5.85. The zero-order chi connectivity index (χ0) is 20.5. The van der Waals surface area contributed by atoms with Gasteiger partial charge < -0.3 is 15.4 Å². The number of ether oxygens (including phenoxy) is 1. The van der Waals surface area contributed by atoms with Crippen LogP contribution in [0.5, 0.6) is 0 Å². The van der Waals surface area contributed by atoms with E-state index in [4.69, 9.17) is 4.74 Å². The Labute approximate surface area is 175 Å². The lowest BCUT2D eigenvalue weighted by Gasteiger charge is -2.17. The molecule has 2 aromatic rings. The van der Waals surface area contributed by atoms with Crippen molar-refractivity contribution in [2.45, 2.75) is 26.2 Å². The molecule has 2 aromatic carbocycles. The molecule has 152 valence electrons. The van der Waals surface area contributed by atoms with Crippen LogP contribution in [-0.4, -0.2) is 30.7 Å². The quantitative estimate of drug-likeness (QED) is 0.648. The third-order valence-electron chi connectivity index (χ3n) is 4.56. The van der Waals surface area contributed by atoms with Gasteiger partial charge in [-0.3, -0.25) is 9.59 Å². The first-order valence-electron chi connectivity index (χ1n) is 9.79. The standard InChI is InChI=1S/C23H26N2O3S/c1-17-22(29-15-14-28-17)23(27)25-20-11-9-19(10-12-20)16-21(26)24-13-5-8-18-6-3-2-4-7-18/h2-4,6-7,9-12H,5,8,13-16H2,1H3,(H,24,26)(H,25,27). The number of rotatable bonds is 8. The van der Waals surface area contributed by atoms with Gasteiger partial charge in [0.2, 0.25) is 5.91 Å². The van der Waals surface area contributed by atoms with Crippen molar-refractivity contribution in [1.82, 2.24) is 5.32 Å². The number of benzene rings is 2. The lowest BCUT2D eigenvalue weighted by molar-refractivity contribution is -0.120. The molecule has 1 aliphatic rings. The summed E-state index contributed by atoms with van der Waals surface area (Å²) in [6, 6.07) is 17.6. The maximum Gasteiger partial charge on any atom is 0.265 e. The Kier molecular flexibility index (Phi) is 7.76.